The molecule has 25 heavy (non-hydrogen) atoms. The van der Waals surface area contributed by atoms with E-state index in [0.717, 1.165) is 10.3 Å². The van der Waals surface area contributed by atoms with E-state index in [-0.39, 0.29) is 6.54 Å². The quantitative estimate of drug-likeness (QED) is 0.534. The molecule has 0 N–H and O–H groups in total. The van der Waals surface area contributed by atoms with Gasteiger partial charge in [-0.3, -0.25) is 14.5 Å². The number of hydrogen-bond donors (Lipinski definition) is 0. The summed E-state index contributed by atoms with van der Waals surface area (Å²) in [4.78, 5) is 40.0. The lowest BCUT2D eigenvalue weighted by atomic mass is 10.0. The minimum atomic E-state index is -0.617. The van der Waals surface area contributed by atoms with Crippen molar-refractivity contribution in [3.05, 3.63) is 78.4 Å². The number of benzene rings is 3. The van der Waals surface area contributed by atoms with Crippen molar-refractivity contribution in [1.29, 1.82) is 0 Å². The molecule has 0 spiro atoms. The topological polar surface area (TPSA) is 57.7 Å². The first kappa shape index (κ1) is 15.1. The maximum absolute atomic E-state index is 12.9. The van der Waals surface area contributed by atoms with Gasteiger partial charge in [0.05, 0.1) is 0 Å². The van der Waals surface area contributed by atoms with Gasteiger partial charge in [-0.1, -0.05) is 54.6 Å². The number of fused-ring (bicyclic) bond motifs is 1. The number of rotatable bonds is 2. The van der Waals surface area contributed by atoms with Crippen molar-refractivity contribution in [3.8, 4) is 0 Å². The van der Waals surface area contributed by atoms with E-state index >= 15 is 0 Å². The van der Waals surface area contributed by atoms with Crippen molar-refractivity contribution in [2.24, 2.45) is 0 Å². The van der Waals surface area contributed by atoms with Crippen molar-refractivity contribution in [1.82, 2.24) is 4.90 Å². The molecule has 5 nitrogen and oxygen atoms in total. The van der Waals surface area contributed by atoms with Crippen LogP contribution in [0.2, 0.25) is 0 Å². The average Bonchev–Trinajstić information content (AvgIpc) is 2.96. The van der Waals surface area contributed by atoms with Crippen LogP contribution in [-0.2, 0) is 4.79 Å². The number of carbonyl (C=O) groups excluding carboxylic acids is 3. The molecule has 3 aromatic carbocycles. The second-order valence-electron chi connectivity index (χ2n) is 5.77. The van der Waals surface area contributed by atoms with Gasteiger partial charge < -0.3 is 0 Å². The summed E-state index contributed by atoms with van der Waals surface area (Å²) in [5.41, 5.74) is 0.934. The smallest absolute Gasteiger partial charge is 0.284 e. The molecular formula is C20H14N2O3. The molecule has 0 aromatic heterocycles. The third kappa shape index (κ3) is 2.46. The lowest BCUT2D eigenvalue weighted by Gasteiger charge is -2.16. The van der Waals surface area contributed by atoms with Crippen LogP contribution in [0.4, 0.5) is 10.5 Å². The third-order valence-electron chi connectivity index (χ3n) is 4.26. The molecule has 1 fully saturated rings. The van der Waals surface area contributed by atoms with Crippen molar-refractivity contribution in [2.75, 3.05) is 11.4 Å². The molecule has 0 saturated carbocycles. The number of urea groups is 1. The van der Waals surface area contributed by atoms with E-state index in [1.807, 2.05) is 36.4 Å². The van der Waals surface area contributed by atoms with Gasteiger partial charge >= 0.3 is 6.03 Å². The number of nitrogens with zero attached hydrogens (tertiary/aromatic N) is 2. The Balaban J connectivity index is 1.73. The molecule has 1 saturated heterocycles. The number of amides is 4. The van der Waals surface area contributed by atoms with Gasteiger partial charge in [-0.25, -0.2) is 4.79 Å². The maximum Gasteiger partial charge on any atom is 0.338 e. The number of para-hydroxylation sites is 1. The van der Waals surface area contributed by atoms with Crippen LogP contribution in [0.15, 0.2) is 72.8 Å². The van der Waals surface area contributed by atoms with Gasteiger partial charge in [0, 0.05) is 11.3 Å². The van der Waals surface area contributed by atoms with Crippen LogP contribution < -0.4 is 4.90 Å². The van der Waals surface area contributed by atoms with Crippen LogP contribution in [0.3, 0.4) is 0 Å². The Morgan fingerprint density at radius 2 is 1.48 bits per heavy atom. The zero-order valence-corrected chi connectivity index (χ0v) is 13.3. The van der Waals surface area contributed by atoms with E-state index < -0.39 is 17.8 Å². The second-order valence-corrected chi connectivity index (χ2v) is 5.77. The van der Waals surface area contributed by atoms with Gasteiger partial charge in [-0.05, 0) is 29.0 Å². The number of imide groups is 3. The first-order valence-electron chi connectivity index (χ1n) is 7.88. The van der Waals surface area contributed by atoms with E-state index in [0.29, 0.717) is 16.6 Å². The van der Waals surface area contributed by atoms with Crippen LogP contribution in [0.5, 0.6) is 0 Å². The largest absolute Gasteiger partial charge is 0.338 e. The van der Waals surface area contributed by atoms with Gasteiger partial charge in [-0.2, -0.15) is 4.90 Å². The Labute approximate surface area is 144 Å². The summed E-state index contributed by atoms with van der Waals surface area (Å²) in [5, 5.41) is 1.60. The molecule has 0 unspecified atom stereocenters. The fourth-order valence-electron chi connectivity index (χ4n) is 3.04. The van der Waals surface area contributed by atoms with E-state index in [9.17, 15) is 14.4 Å². The van der Waals surface area contributed by atoms with Gasteiger partial charge in [-0.15, -0.1) is 0 Å². The molecule has 1 heterocycles. The molecule has 3 aromatic rings. The monoisotopic (exact) mass is 330 g/mol. The highest BCUT2D eigenvalue weighted by Crippen LogP contribution is 2.25. The molecule has 1 aliphatic heterocycles. The van der Waals surface area contributed by atoms with Crippen LogP contribution in [0.25, 0.3) is 10.8 Å². The van der Waals surface area contributed by atoms with E-state index in [1.165, 1.54) is 4.90 Å². The summed E-state index contributed by atoms with van der Waals surface area (Å²) >= 11 is 0. The summed E-state index contributed by atoms with van der Waals surface area (Å²) in [7, 11) is 0. The third-order valence-corrected chi connectivity index (χ3v) is 4.26. The van der Waals surface area contributed by atoms with Crippen LogP contribution in [-0.4, -0.2) is 29.3 Å². The predicted octanol–water partition coefficient (Wildman–Crippen LogP) is 3.45. The van der Waals surface area contributed by atoms with E-state index in [1.54, 1.807) is 36.4 Å². The maximum atomic E-state index is 12.9. The normalized spacial score (nSPS) is 14.4. The summed E-state index contributed by atoms with van der Waals surface area (Å²) in [6.07, 6.45) is 0. The molecule has 5 heteroatoms. The minimum absolute atomic E-state index is 0.140. The van der Waals surface area contributed by atoms with Gasteiger partial charge in [0.25, 0.3) is 11.8 Å². The zero-order valence-electron chi connectivity index (χ0n) is 13.3. The summed E-state index contributed by atoms with van der Waals surface area (Å²) in [6, 6.07) is 20.9. The molecule has 0 aliphatic carbocycles. The van der Waals surface area contributed by atoms with Crippen LogP contribution in [0.1, 0.15) is 10.4 Å². The van der Waals surface area contributed by atoms with Crippen LogP contribution in [0, 0.1) is 0 Å². The van der Waals surface area contributed by atoms with Gasteiger partial charge in [0.1, 0.15) is 6.54 Å². The lowest BCUT2D eigenvalue weighted by Crippen LogP contribution is -2.38. The highest BCUT2D eigenvalue weighted by molar-refractivity contribution is 6.26. The molecule has 4 amide bonds. The SMILES string of the molecule is O=C1CN(c2ccccc2)C(=O)N1C(=O)c1cccc2ccccc12. The zero-order chi connectivity index (χ0) is 17.4. The highest BCUT2D eigenvalue weighted by atomic mass is 16.2. The summed E-state index contributed by atoms with van der Waals surface area (Å²) in [6.45, 7) is -0.140. The van der Waals surface area contributed by atoms with Crippen molar-refractivity contribution >= 4 is 34.3 Å². The highest BCUT2D eigenvalue weighted by Gasteiger charge is 2.41. The minimum Gasteiger partial charge on any atom is -0.284 e. The van der Waals surface area contributed by atoms with Crippen molar-refractivity contribution in [3.63, 3.8) is 0 Å². The standard InChI is InChI=1S/C20H14N2O3/c23-18-13-21(15-9-2-1-3-10-15)20(25)22(18)19(24)17-12-6-8-14-7-4-5-11-16(14)17/h1-12H,13H2. The fraction of sp³-hybridized carbons (Fsp3) is 0.0500. The van der Waals surface area contributed by atoms with Crippen molar-refractivity contribution in [2.45, 2.75) is 0 Å². The van der Waals surface area contributed by atoms with Crippen LogP contribution >= 0.6 is 0 Å². The predicted molar refractivity (Wildman–Crippen MR) is 94.3 cm³/mol. The number of hydrogen-bond acceptors (Lipinski definition) is 3. The van der Waals surface area contributed by atoms with Gasteiger partial charge in [0.2, 0.25) is 0 Å². The molecule has 4 rings (SSSR count). The number of carbonyl (C=O) groups is 3. The van der Waals surface area contributed by atoms with Crippen molar-refractivity contribution < 1.29 is 14.4 Å². The molecule has 0 bridgehead atoms. The summed E-state index contributed by atoms with van der Waals surface area (Å²) in [5.74, 6) is -1.11. The Bertz CT molecular complexity index is 993. The fourth-order valence-corrected chi connectivity index (χ4v) is 3.04. The summed E-state index contributed by atoms with van der Waals surface area (Å²) < 4.78 is 0. The molecular weight excluding hydrogens is 316 g/mol. The molecule has 1 aliphatic rings. The first-order chi connectivity index (χ1) is 12.2. The molecule has 122 valence electrons. The van der Waals surface area contributed by atoms with E-state index in [2.05, 4.69) is 0 Å². The molecule has 0 radical (unpaired) electrons. The Morgan fingerprint density at radius 3 is 2.28 bits per heavy atom. The average molecular weight is 330 g/mol. The first-order valence-corrected chi connectivity index (χ1v) is 7.88. The van der Waals surface area contributed by atoms with Gasteiger partial charge in [0.15, 0.2) is 0 Å². The molecule has 0 atom stereocenters. The Morgan fingerprint density at radius 1 is 0.800 bits per heavy atom. The number of anilines is 1. The van der Waals surface area contributed by atoms with E-state index in [4.69, 9.17) is 0 Å². The lowest BCUT2D eigenvalue weighted by molar-refractivity contribution is -0.123. The Hall–Kier alpha value is -3.47. The second kappa shape index (κ2) is 5.87. The Kier molecular flexibility index (Phi) is 3.54.